The van der Waals surface area contributed by atoms with E-state index in [1.165, 1.54) is 0 Å². The van der Waals surface area contributed by atoms with Crippen LogP contribution in [0.5, 0.6) is 0 Å². The molecule has 16 heavy (non-hydrogen) atoms. The van der Waals surface area contributed by atoms with Gasteiger partial charge in [0.1, 0.15) is 0 Å². The molecule has 1 aliphatic rings. The lowest BCUT2D eigenvalue weighted by Gasteiger charge is -2.14. The van der Waals surface area contributed by atoms with E-state index in [1.807, 2.05) is 12.1 Å². The maximum absolute atomic E-state index is 11.8. The Morgan fingerprint density at radius 1 is 1.56 bits per heavy atom. The third kappa shape index (κ3) is 2.58. The van der Waals surface area contributed by atoms with E-state index < -0.39 is 0 Å². The molecule has 4 nitrogen and oxygen atoms in total. The quantitative estimate of drug-likeness (QED) is 0.791. The lowest BCUT2D eigenvalue weighted by atomic mass is 10.0. The number of nitrogens with zero attached hydrogens (tertiary/aromatic N) is 1. The Morgan fingerprint density at radius 2 is 2.44 bits per heavy atom. The summed E-state index contributed by atoms with van der Waals surface area (Å²) in [5, 5.41) is 2.91. The van der Waals surface area contributed by atoms with Crippen molar-refractivity contribution >= 4 is 5.91 Å². The minimum absolute atomic E-state index is 0.00308. The molecule has 1 saturated carbocycles. The molecule has 0 spiro atoms. The van der Waals surface area contributed by atoms with Crippen LogP contribution in [0.1, 0.15) is 24.8 Å². The van der Waals surface area contributed by atoms with Gasteiger partial charge in [0, 0.05) is 25.0 Å². The smallest absolute Gasteiger partial charge is 0.224 e. The molecule has 0 saturated heterocycles. The van der Waals surface area contributed by atoms with E-state index in [-0.39, 0.29) is 17.9 Å². The van der Waals surface area contributed by atoms with Gasteiger partial charge in [-0.25, -0.2) is 0 Å². The molecular formula is C12H17N3O. The van der Waals surface area contributed by atoms with Crippen molar-refractivity contribution in [1.29, 1.82) is 0 Å². The Morgan fingerprint density at radius 3 is 3.06 bits per heavy atom. The molecule has 0 radical (unpaired) electrons. The zero-order valence-corrected chi connectivity index (χ0v) is 9.23. The van der Waals surface area contributed by atoms with Gasteiger partial charge < -0.3 is 11.1 Å². The number of pyridine rings is 1. The molecule has 86 valence electrons. The minimum Gasteiger partial charge on any atom is -0.352 e. The molecule has 1 heterocycles. The Bertz CT molecular complexity index is 353. The molecule has 2 rings (SSSR count). The minimum atomic E-state index is -0.00308. The van der Waals surface area contributed by atoms with Crippen molar-refractivity contribution < 1.29 is 4.79 Å². The number of nitrogens with one attached hydrogen (secondary N) is 1. The van der Waals surface area contributed by atoms with Crippen molar-refractivity contribution in [3.8, 4) is 0 Å². The highest BCUT2D eigenvalue weighted by molar-refractivity contribution is 5.79. The molecule has 1 aromatic rings. The summed E-state index contributed by atoms with van der Waals surface area (Å²) < 4.78 is 0. The Hall–Kier alpha value is -1.42. The summed E-state index contributed by atoms with van der Waals surface area (Å²) in [6.45, 7) is 0.538. The van der Waals surface area contributed by atoms with Crippen molar-refractivity contribution in [2.24, 2.45) is 11.7 Å². The summed E-state index contributed by atoms with van der Waals surface area (Å²) in [5.41, 5.74) is 6.89. The van der Waals surface area contributed by atoms with E-state index in [0.29, 0.717) is 6.54 Å². The highest BCUT2D eigenvalue weighted by atomic mass is 16.1. The molecule has 1 aliphatic carbocycles. The van der Waals surface area contributed by atoms with Crippen molar-refractivity contribution in [1.82, 2.24) is 10.3 Å². The van der Waals surface area contributed by atoms with Crippen LogP contribution < -0.4 is 11.1 Å². The first-order chi connectivity index (χ1) is 7.77. The summed E-state index contributed by atoms with van der Waals surface area (Å²) in [4.78, 5) is 15.8. The second-order valence-electron chi connectivity index (χ2n) is 4.28. The number of hydrogen-bond donors (Lipinski definition) is 2. The topological polar surface area (TPSA) is 68.0 Å². The second kappa shape index (κ2) is 5.07. The summed E-state index contributed by atoms with van der Waals surface area (Å²) in [6, 6.07) is 3.85. The molecule has 0 aromatic carbocycles. The highest BCUT2D eigenvalue weighted by Gasteiger charge is 2.29. The summed E-state index contributed by atoms with van der Waals surface area (Å²) in [7, 11) is 0. The number of carbonyl (C=O) groups is 1. The van der Waals surface area contributed by atoms with E-state index in [2.05, 4.69) is 10.3 Å². The molecule has 0 bridgehead atoms. The molecule has 3 N–H and O–H groups in total. The van der Waals surface area contributed by atoms with Crippen LogP contribution in [0.2, 0.25) is 0 Å². The molecule has 1 fully saturated rings. The van der Waals surface area contributed by atoms with E-state index in [0.717, 1.165) is 24.8 Å². The monoisotopic (exact) mass is 219 g/mol. The second-order valence-corrected chi connectivity index (χ2v) is 4.28. The number of hydrogen-bond acceptors (Lipinski definition) is 3. The summed E-state index contributed by atoms with van der Waals surface area (Å²) in [6.07, 6.45) is 6.42. The normalized spacial score (nSPS) is 24.3. The Balaban J connectivity index is 1.84. The van der Waals surface area contributed by atoms with Crippen LogP contribution >= 0.6 is 0 Å². The molecule has 0 aliphatic heterocycles. The standard InChI is InChI=1S/C12H17N3O/c13-11-5-1-4-10(11)12(16)15-8-9-3-2-6-14-7-9/h2-3,6-7,10-11H,1,4-5,8,13H2,(H,15,16). The third-order valence-electron chi connectivity index (χ3n) is 3.10. The van der Waals surface area contributed by atoms with Crippen molar-refractivity contribution in [3.05, 3.63) is 30.1 Å². The van der Waals surface area contributed by atoms with Gasteiger partial charge in [-0.05, 0) is 24.5 Å². The predicted molar refractivity (Wildman–Crippen MR) is 61.4 cm³/mol. The molecule has 1 aromatic heterocycles. The van der Waals surface area contributed by atoms with Gasteiger partial charge in [0.05, 0.1) is 5.92 Å². The third-order valence-corrected chi connectivity index (χ3v) is 3.10. The maximum atomic E-state index is 11.8. The average molecular weight is 219 g/mol. The first-order valence-electron chi connectivity index (χ1n) is 5.69. The zero-order chi connectivity index (χ0) is 11.4. The number of amides is 1. The average Bonchev–Trinajstić information content (AvgIpc) is 2.74. The lowest BCUT2D eigenvalue weighted by molar-refractivity contribution is -0.125. The zero-order valence-electron chi connectivity index (χ0n) is 9.23. The fraction of sp³-hybridized carbons (Fsp3) is 0.500. The number of rotatable bonds is 3. The van der Waals surface area contributed by atoms with Gasteiger partial charge in [0.15, 0.2) is 0 Å². The van der Waals surface area contributed by atoms with Crippen LogP contribution in [0.15, 0.2) is 24.5 Å². The Labute approximate surface area is 95.3 Å². The molecule has 2 unspecified atom stereocenters. The van der Waals surface area contributed by atoms with Gasteiger partial charge in [-0.15, -0.1) is 0 Å². The first kappa shape index (κ1) is 11.1. The van der Waals surface area contributed by atoms with Crippen LogP contribution in [0.3, 0.4) is 0 Å². The van der Waals surface area contributed by atoms with Crippen LogP contribution in [-0.2, 0) is 11.3 Å². The van der Waals surface area contributed by atoms with Crippen LogP contribution in [0.25, 0.3) is 0 Å². The molecular weight excluding hydrogens is 202 g/mol. The van der Waals surface area contributed by atoms with Gasteiger partial charge in [0.2, 0.25) is 5.91 Å². The highest BCUT2D eigenvalue weighted by Crippen LogP contribution is 2.23. The van der Waals surface area contributed by atoms with Gasteiger partial charge in [-0.2, -0.15) is 0 Å². The summed E-state index contributed by atoms with van der Waals surface area (Å²) >= 11 is 0. The number of nitrogens with two attached hydrogens (primary N) is 1. The Kier molecular flexibility index (Phi) is 3.51. The number of carbonyl (C=O) groups excluding carboxylic acids is 1. The lowest BCUT2D eigenvalue weighted by Crippen LogP contribution is -2.38. The van der Waals surface area contributed by atoms with Gasteiger partial charge >= 0.3 is 0 Å². The van der Waals surface area contributed by atoms with Crippen molar-refractivity contribution in [2.75, 3.05) is 0 Å². The van der Waals surface area contributed by atoms with Gasteiger partial charge in [-0.1, -0.05) is 12.5 Å². The summed E-state index contributed by atoms with van der Waals surface area (Å²) in [5.74, 6) is 0.0746. The molecule has 2 atom stereocenters. The van der Waals surface area contributed by atoms with E-state index in [1.54, 1.807) is 12.4 Å². The van der Waals surface area contributed by atoms with Crippen molar-refractivity contribution in [2.45, 2.75) is 31.8 Å². The van der Waals surface area contributed by atoms with Gasteiger partial charge in [-0.3, -0.25) is 9.78 Å². The molecule has 4 heteroatoms. The number of aromatic nitrogens is 1. The van der Waals surface area contributed by atoms with Gasteiger partial charge in [0.25, 0.3) is 0 Å². The predicted octanol–water partition coefficient (Wildman–Crippen LogP) is 0.825. The van der Waals surface area contributed by atoms with E-state index >= 15 is 0 Å². The maximum Gasteiger partial charge on any atom is 0.224 e. The van der Waals surface area contributed by atoms with Crippen molar-refractivity contribution in [3.63, 3.8) is 0 Å². The van der Waals surface area contributed by atoms with Crippen LogP contribution in [0, 0.1) is 5.92 Å². The molecule has 1 amide bonds. The van der Waals surface area contributed by atoms with E-state index in [4.69, 9.17) is 5.73 Å². The van der Waals surface area contributed by atoms with Crippen LogP contribution in [-0.4, -0.2) is 16.9 Å². The fourth-order valence-corrected chi connectivity index (χ4v) is 2.14. The van der Waals surface area contributed by atoms with Crippen LogP contribution in [0.4, 0.5) is 0 Å². The fourth-order valence-electron chi connectivity index (χ4n) is 2.14. The van der Waals surface area contributed by atoms with E-state index in [9.17, 15) is 4.79 Å². The first-order valence-corrected chi connectivity index (χ1v) is 5.69. The SMILES string of the molecule is NC1CCCC1C(=O)NCc1cccnc1. The largest absolute Gasteiger partial charge is 0.352 e.